The lowest BCUT2D eigenvalue weighted by atomic mass is 9.98. The molecule has 1 saturated heterocycles. The van der Waals surface area contributed by atoms with E-state index >= 15 is 0 Å². The summed E-state index contributed by atoms with van der Waals surface area (Å²) in [5.41, 5.74) is 1.04. The third-order valence-corrected chi connectivity index (χ3v) is 3.23. The highest BCUT2D eigenvalue weighted by Crippen LogP contribution is 2.32. The van der Waals surface area contributed by atoms with Gasteiger partial charge < -0.3 is 14.5 Å². The molecule has 2 unspecified atom stereocenters. The minimum absolute atomic E-state index is 0.242. The number of nitrogens with zero attached hydrogens (tertiary/aromatic N) is 1. The van der Waals surface area contributed by atoms with Gasteiger partial charge in [-0.2, -0.15) is 0 Å². The van der Waals surface area contributed by atoms with E-state index < -0.39 is 0 Å². The van der Waals surface area contributed by atoms with E-state index in [4.69, 9.17) is 9.15 Å². The lowest BCUT2D eigenvalue weighted by Crippen LogP contribution is -2.21. The molecule has 0 saturated carbocycles. The van der Waals surface area contributed by atoms with Crippen LogP contribution in [0.25, 0.3) is 0 Å². The zero-order valence-electron chi connectivity index (χ0n) is 10.9. The minimum atomic E-state index is 0.242. The van der Waals surface area contributed by atoms with Gasteiger partial charge in [0, 0.05) is 19.1 Å². The van der Waals surface area contributed by atoms with Crippen LogP contribution in [0.5, 0.6) is 0 Å². The Balaban J connectivity index is 1.96. The van der Waals surface area contributed by atoms with Gasteiger partial charge in [0.1, 0.15) is 5.76 Å². The average molecular weight is 238 g/mol. The van der Waals surface area contributed by atoms with E-state index in [1.165, 1.54) is 0 Å². The van der Waals surface area contributed by atoms with Crippen molar-refractivity contribution in [1.29, 1.82) is 0 Å². The second-order valence-electron chi connectivity index (χ2n) is 5.16. The maximum Gasteiger partial charge on any atom is 0.181 e. The first-order valence-electron chi connectivity index (χ1n) is 6.43. The van der Waals surface area contributed by atoms with Gasteiger partial charge in [-0.1, -0.05) is 13.8 Å². The number of rotatable bonds is 5. The molecule has 0 aliphatic carbocycles. The molecule has 1 N–H and O–H groups in total. The van der Waals surface area contributed by atoms with E-state index in [1.54, 1.807) is 6.39 Å². The molecule has 17 heavy (non-hydrogen) atoms. The van der Waals surface area contributed by atoms with Crippen molar-refractivity contribution in [2.75, 3.05) is 13.2 Å². The molecule has 0 radical (unpaired) electrons. The van der Waals surface area contributed by atoms with Gasteiger partial charge in [-0.25, -0.2) is 4.98 Å². The zero-order chi connectivity index (χ0) is 12.3. The van der Waals surface area contributed by atoms with Gasteiger partial charge in [-0.3, -0.25) is 0 Å². The van der Waals surface area contributed by atoms with Crippen LogP contribution in [0.1, 0.15) is 44.6 Å². The van der Waals surface area contributed by atoms with Crippen molar-refractivity contribution in [1.82, 2.24) is 10.3 Å². The van der Waals surface area contributed by atoms with Crippen LogP contribution in [0.15, 0.2) is 10.8 Å². The Kier molecular flexibility index (Phi) is 4.18. The smallest absolute Gasteiger partial charge is 0.181 e. The molecule has 0 spiro atoms. The maximum atomic E-state index is 5.58. The second-order valence-corrected chi connectivity index (χ2v) is 5.16. The van der Waals surface area contributed by atoms with Crippen molar-refractivity contribution in [3.63, 3.8) is 0 Å². The van der Waals surface area contributed by atoms with Crippen LogP contribution in [0.3, 0.4) is 0 Å². The quantitative estimate of drug-likeness (QED) is 0.855. The first-order valence-corrected chi connectivity index (χ1v) is 6.43. The van der Waals surface area contributed by atoms with Gasteiger partial charge in [0.25, 0.3) is 0 Å². The summed E-state index contributed by atoms with van der Waals surface area (Å²) in [6.07, 6.45) is 2.83. The fourth-order valence-corrected chi connectivity index (χ4v) is 2.27. The molecule has 1 aromatic rings. The second kappa shape index (κ2) is 5.65. The molecule has 2 rings (SSSR count). The van der Waals surface area contributed by atoms with Crippen molar-refractivity contribution in [2.24, 2.45) is 5.92 Å². The highest BCUT2D eigenvalue weighted by Gasteiger charge is 2.30. The molecule has 2 heterocycles. The topological polar surface area (TPSA) is 47.3 Å². The number of hydrogen-bond acceptors (Lipinski definition) is 4. The van der Waals surface area contributed by atoms with Gasteiger partial charge in [0.05, 0.1) is 11.8 Å². The van der Waals surface area contributed by atoms with Gasteiger partial charge in [0.2, 0.25) is 0 Å². The number of hydrogen-bond donors (Lipinski definition) is 1. The molecule has 1 aliphatic heterocycles. The normalized spacial score (nSPS) is 24.7. The predicted octanol–water partition coefficient (Wildman–Crippen LogP) is 2.31. The van der Waals surface area contributed by atoms with Gasteiger partial charge in [-0.05, 0) is 25.8 Å². The molecule has 4 nitrogen and oxygen atoms in total. The molecule has 4 heteroatoms. The molecular weight excluding hydrogens is 216 g/mol. The van der Waals surface area contributed by atoms with Crippen molar-refractivity contribution in [2.45, 2.75) is 45.8 Å². The summed E-state index contributed by atoms with van der Waals surface area (Å²) < 4.78 is 11.1. The van der Waals surface area contributed by atoms with Crippen LogP contribution in [0.4, 0.5) is 0 Å². The number of nitrogens with one attached hydrogen (secondary N) is 1. The Morgan fingerprint density at radius 2 is 2.35 bits per heavy atom. The van der Waals surface area contributed by atoms with Crippen LogP contribution in [0.2, 0.25) is 0 Å². The van der Waals surface area contributed by atoms with E-state index in [0.717, 1.165) is 37.6 Å². The molecule has 1 aromatic heterocycles. The Hall–Kier alpha value is -0.870. The van der Waals surface area contributed by atoms with Crippen molar-refractivity contribution in [3.05, 3.63) is 17.8 Å². The number of aromatic nitrogens is 1. The van der Waals surface area contributed by atoms with Gasteiger partial charge >= 0.3 is 0 Å². The number of oxazole rings is 1. The van der Waals surface area contributed by atoms with Crippen LogP contribution in [0, 0.1) is 5.92 Å². The Bertz CT molecular complexity index is 349. The highest BCUT2D eigenvalue weighted by atomic mass is 16.5. The monoisotopic (exact) mass is 238 g/mol. The summed E-state index contributed by atoms with van der Waals surface area (Å²) in [6, 6.07) is 0. The standard InChI is InChI=1S/C13H22N2O2/c1-9(2)6-14-7-12-13(17-8-15-12)11-4-5-16-10(11)3/h8-11,14H,4-7H2,1-3H3. The predicted molar refractivity (Wildman–Crippen MR) is 65.8 cm³/mol. The van der Waals surface area contributed by atoms with Crippen LogP contribution in [-0.4, -0.2) is 24.2 Å². The summed E-state index contributed by atoms with van der Waals surface area (Å²) >= 11 is 0. The van der Waals surface area contributed by atoms with Crippen molar-refractivity contribution in [3.8, 4) is 0 Å². The first-order chi connectivity index (χ1) is 8.18. The molecule has 1 fully saturated rings. The van der Waals surface area contributed by atoms with E-state index in [-0.39, 0.29) is 6.10 Å². The van der Waals surface area contributed by atoms with E-state index in [2.05, 4.69) is 31.1 Å². The molecule has 2 atom stereocenters. The average Bonchev–Trinajstić information content (AvgIpc) is 2.86. The zero-order valence-corrected chi connectivity index (χ0v) is 10.9. The minimum Gasteiger partial charge on any atom is -0.448 e. The van der Waals surface area contributed by atoms with Crippen LogP contribution < -0.4 is 5.32 Å². The Morgan fingerprint density at radius 1 is 1.53 bits per heavy atom. The third kappa shape index (κ3) is 3.07. The lowest BCUT2D eigenvalue weighted by molar-refractivity contribution is 0.115. The highest BCUT2D eigenvalue weighted by molar-refractivity contribution is 5.15. The summed E-state index contributed by atoms with van der Waals surface area (Å²) in [7, 11) is 0. The van der Waals surface area contributed by atoms with E-state index in [9.17, 15) is 0 Å². The van der Waals surface area contributed by atoms with Crippen LogP contribution in [-0.2, 0) is 11.3 Å². The van der Waals surface area contributed by atoms with Gasteiger partial charge in [-0.15, -0.1) is 0 Å². The molecule has 0 amide bonds. The molecule has 0 bridgehead atoms. The van der Waals surface area contributed by atoms with Crippen molar-refractivity contribution < 1.29 is 9.15 Å². The van der Waals surface area contributed by atoms with E-state index in [1.807, 2.05) is 0 Å². The fourth-order valence-electron chi connectivity index (χ4n) is 2.27. The van der Waals surface area contributed by atoms with Crippen LogP contribution >= 0.6 is 0 Å². The Labute approximate surface area is 103 Å². The van der Waals surface area contributed by atoms with Gasteiger partial charge in [0.15, 0.2) is 6.39 Å². The third-order valence-electron chi connectivity index (χ3n) is 3.23. The maximum absolute atomic E-state index is 5.58. The molecular formula is C13H22N2O2. The molecule has 0 aromatic carbocycles. The SMILES string of the molecule is CC(C)CNCc1ncoc1C1CCOC1C. The molecule has 96 valence electrons. The summed E-state index contributed by atoms with van der Waals surface area (Å²) in [5, 5.41) is 3.40. The Morgan fingerprint density at radius 3 is 3.00 bits per heavy atom. The van der Waals surface area contributed by atoms with Crippen molar-refractivity contribution >= 4 is 0 Å². The number of ether oxygens (including phenoxy) is 1. The lowest BCUT2D eigenvalue weighted by Gasteiger charge is -2.13. The summed E-state index contributed by atoms with van der Waals surface area (Å²) in [5.74, 6) is 2.03. The largest absolute Gasteiger partial charge is 0.448 e. The molecule has 1 aliphatic rings. The first kappa shape index (κ1) is 12.6. The summed E-state index contributed by atoms with van der Waals surface area (Å²) in [6.45, 7) is 9.11. The summed E-state index contributed by atoms with van der Waals surface area (Å²) in [4.78, 5) is 4.31. The van der Waals surface area contributed by atoms with E-state index in [0.29, 0.717) is 11.8 Å². The fraction of sp³-hybridized carbons (Fsp3) is 0.769.